The fourth-order valence-electron chi connectivity index (χ4n) is 2.38. The number of rotatable bonds is 6. The first-order valence-corrected chi connectivity index (χ1v) is 7.24. The first-order chi connectivity index (χ1) is 9.66. The van der Waals surface area contributed by atoms with Gasteiger partial charge in [0.2, 0.25) is 5.91 Å². The van der Waals surface area contributed by atoms with Gasteiger partial charge in [-0.15, -0.1) is 0 Å². The molecular formula is C14H24N4O2. The van der Waals surface area contributed by atoms with Crippen molar-refractivity contribution >= 4 is 5.91 Å². The van der Waals surface area contributed by atoms with Crippen LogP contribution in [-0.2, 0) is 16.1 Å². The minimum atomic E-state index is 0.166. The molecule has 1 saturated heterocycles. The standard InChI is InChI=1S/C14H24N4O2/c1-12-10-13(2)18(16-12)5-3-4-15-11-14(19)17-6-8-20-9-7-17/h10,15H,3-9,11H2,1-2H3. The van der Waals surface area contributed by atoms with E-state index in [4.69, 9.17) is 4.74 Å². The van der Waals surface area contributed by atoms with Crippen molar-refractivity contribution in [2.75, 3.05) is 39.4 Å². The molecule has 2 rings (SSSR count). The molecule has 1 aliphatic rings. The Hall–Kier alpha value is -1.40. The smallest absolute Gasteiger partial charge is 0.236 e. The highest BCUT2D eigenvalue weighted by molar-refractivity contribution is 5.78. The highest BCUT2D eigenvalue weighted by Crippen LogP contribution is 2.02. The van der Waals surface area contributed by atoms with Crippen LogP contribution >= 0.6 is 0 Å². The molecule has 2 heterocycles. The molecule has 1 fully saturated rings. The van der Waals surface area contributed by atoms with Gasteiger partial charge in [-0.25, -0.2) is 0 Å². The van der Waals surface area contributed by atoms with Crippen LogP contribution in [0.2, 0.25) is 0 Å². The zero-order valence-corrected chi connectivity index (χ0v) is 12.4. The van der Waals surface area contributed by atoms with Crippen molar-refractivity contribution in [3.05, 3.63) is 17.5 Å². The number of amides is 1. The van der Waals surface area contributed by atoms with Crippen LogP contribution in [0.25, 0.3) is 0 Å². The lowest BCUT2D eigenvalue weighted by molar-refractivity contribution is -0.134. The topological polar surface area (TPSA) is 59.4 Å². The molecule has 6 heteroatoms. The van der Waals surface area contributed by atoms with Crippen LogP contribution in [0.4, 0.5) is 0 Å². The summed E-state index contributed by atoms with van der Waals surface area (Å²) >= 11 is 0. The van der Waals surface area contributed by atoms with Gasteiger partial charge in [-0.3, -0.25) is 9.48 Å². The summed E-state index contributed by atoms with van der Waals surface area (Å²) in [7, 11) is 0. The Morgan fingerprint density at radius 1 is 1.40 bits per heavy atom. The summed E-state index contributed by atoms with van der Waals surface area (Å²) in [4.78, 5) is 13.7. The van der Waals surface area contributed by atoms with Crippen LogP contribution in [-0.4, -0.2) is 60.0 Å². The molecule has 0 bridgehead atoms. The lowest BCUT2D eigenvalue weighted by atomic mass is 10.3. The molecule has 0 aliphatic carbocycles. The van der Waals surface area contributed by atoms with Crippen LogP contribution in [0.1, 0.15) is 17.8 Å². The van der Waals surface area contributed by atoms with E-state index in [1.165, 1.54) is 5.69 Å². The Morgan fingerprint density at radius 2 is 2.15 bits per heavy atom. The van der Waals surface area contributed by atoms with E-state index in [1.54, 1.807) is 0 Å². The second kappa shape index (κ2) is 7.40. The number of aromatic nitrogens is 2. The Labute approximate surface area is 120 Å². The van der Waals surface area contributed by atoms with E-state index in [0.29, 0.717) is 32.8 Å². The Balaban J connectivity index is 1.59. The quantitative estimate of drug-likeness (QED) is 0.763. The van der Waals surface area contributed by atoms with Crippen LogP contribution in [0.3, 0.4) is 0 Å². The van der Waals surface area contributed by atoms with Gasteiger partial charge in [0.05, 0.1) is 25.5 Å². The Morgan fingerprint density at radius 3 is 2.80 bits per heavy atom. The van der Waals surface area contributed by atoms with Crippen molar-refractivity contribution in [2.45, 2.75) is 26.8 Å². The second-order valence-electron chi connectivity index (χ2n) is 5.17. The minimum Gasteiger partial charge on any atom is -0.378 e. The second-order valence-corrected chi connectivity index (χ2v) is 5.17. The number of carbonyl (C=O) groups excluding carboxylic acids is 1. The average Bonchev–Trinajstić information content (AvgIpc) is 2.77. The molecule has 1 aromatic heterocycles. The maximum absolute atomic E-state index is 11.9. The summed E-state index contributed by atoms with van der Waals surface area (Å²) in [5.74, 6) is 0.166. The Kier molecular flexibility index (Phi) is 5.55. The van der Waals surface area contributed by atoms with Crippen LogP contribution in [0.15, 0.2) is 6.07 Å². The molecule has 0 unspecified atom stereocenters. The fraction of sp³-hybridized carbons (Fsp3) is 0.714. The molecule has 1 N–H and O–H groups in total. The van der Waals surface area contributed by atoms with Crippen LogP contribution in [0, 0.1) is 13.8 Å². The third kappa shape index (κ3) is 4.31. The van der Waals surface area contributed by atoms with Crippen LogP contribution in [0.5, 0.6) is 0 Å². The summed E-state index contributed by atoms with van der Waals surface area (Å²) in [6.07, 6.45) is 0.971. The SMILES string of the molecule is Cc1cc(C)n(CCCNCC(=O)N2CCOCC2)n1. The van der Waals surface area contributed by atoms with E-state index < -0.39 is 0 Å². The predicted octanol–water partition coefficient (Wildman–Crippen LogP) is 0.338. The number of ether oxygens (including phenoxy) is 1. The molecule has 20 heavy (non-hydrogen) atoms. The van der Waals surface area contributed by atoms with Gasteiger partial charge in [-0.1, -0.05) is 0 Å². The van der Waals surface area contributed by atoms with Crippen molar-refractivity contribution in [3.8, 4) is 0 Å². The number of nitrogens with one attached hydrogen (secondary N) is 1. The number of hydrogen-bond acceptors (Lipinski definition) is 4. The van der Waals surface area contributed by atoms with E-state index in [2.05, 4.69) is 23.4 Å². The Bertz CT molecular complexity index is 438. The highest BCUT2D eigenvalue weighted by Gasteiger charge is 2.15. The maximum atomic E-state index is 11.9. The van der Waals surface area contributed by atoms with Gasteiger partial charge in [-0.05, 0) is 32.9 Å². The summed E-state index contributed by atoms with van der Waals surface area (Å²) in [6.45, 7) is 8.94. The molecule has 0 spiro atoms. The van der Waals surface area contributed by atoms with E-state index in [0.717, 1.165) is 25.2 Å². The van der Waals surface area contributed by atoms with Crippen LogP contribution < -0.4 is 5.32 Å². The number of hydrogen-bond donors (Lipinski definition) is 1. The van der Waals surface area contributed by atoms with Gasteiger partial charge in [0.25, 0.3) is 0 Å². The van der Waals surface area contributed by atoms with Gasteiger partial charge >= 0.3 is 0 Å². The number of morpholine rings is 1. The largest absolute Gasteiger partial charge is 0.378 e. The van der Waals surface area contributed by atoms with E-state index in [9.17, 15) is 4.79 Å². The van der Waals surface area contributed by atoms with Gasteiger partial charge in [0.1, 0.15) is 0 Å². The third-order valence-electron chi connectivity index (χ3n) is 3.47. The van der Waals surface area contributed by atoms with Gasteiger partial charge < -0.3 is 15.0 Å². The number of nitrogens with zero attached hydrogens (tertiary/aromatic N) is 3. The highest BCUT2D eigenvalue weighted by atomic mass is 16.5. The lowest BCUT2D eigenvalue weighted by Gasteiger charge is -2.26. The monoisotopic (exact) mass is 280 g/mol. The molecule has 112 valence electrons. The predicted molar refractivity (Wildman–Crippen MR) is 76.6 cm³/mol. The summed E-state index contributed by atoms with van der Waals surface area (Å²) < 4.78 is 7.25. The summed E-state index contributed by atoms with van der Waals surface area (Å²) in [6, 6.07) is 2.08. The first kappa shape index (κ1) is 15.0. The van der Waals surface area contributed by atoms with Crippen molar-refractivity contribution in [2.24, 2.45) is 0 Å². The molecule has 1 aliphatic heterocycles. The average molecular weight is 280 g/mol. The normalized spacial score (nSPS) is 15.6. The van der Waals surface area contributed by atoms with Gasteiger partial charge in [0.15, 0.2) is 0 Å². The van der Waals surface area contributed by atoms with Gasteiger partial charge in [0, 0.05) is 25.3 Å². The van der Waals surface area contributed by atoms with E-state index in [1.807, 2.05) is 16.5 Å². The molecule has 0 atom stereocenters. The molecule has 0 radical (unpaired) electrons. The molecule has 6 nitrogen and oxygen atoms in total. The first-order valence-electron chi connectivity index (χ1n) is 7.24. The zero-order chi connectivity index (χ0) is 14.4. The maximum Gasteiger partial charge on any atom is 0.236 e. The summed E-state index contributed by atoms with van der Waals surface area (Å²) in [5, 5.41) is 7.62. The van der Waals surface area contributed by atoms with Crippen molar-refractivity contribution < 1.29 is 9.53 Å². The molecule has 1 aromatic rings. The number of aryl methyl sites for hydroxylation is 3. The minimum absolute atomic E-state index is 0.166. The lowest BCUT2D eigenvalue weighted by Crippen LogP contribution is -2.44. The summed E-state index contributed by atoms with van der Waals surface area (Å²) in [5.41, 5.74) is 2.24. The van der Waals surface area contributed by atoms with Crippen molar-refractivity contribution in [1.29, 1.82) is 0 Å². The van der Waals surface area contributed by atoms with Crippen molar-refractivity contribution in [3.63, 3.8) is 0 Å². The van der Waals surface area contributed by atoms with Crippen molar-refractivity contribution in [1.82, 2.24) is 20.0 Å². The third-order valence-corrected chi connectivity index (χ3v) is 3.47. The van der Waals surface area contributed by atoms with E-state index in [-0.39, 0.29) is 5.91 Å². The van der Waals surface area contributed by atoms with Gasteiger partial charge in [-0.2, -0.15) is 5.10 Å². The molecular weight excluding hydrogens is 256 g/mol. The zero-order valence-electron chi connectivity index (χ0n) is 12.4. The molecule has 0 aromatic carbocycles. The number of carbonyl (C=O) groups is 1. The molecule has 0 saturated carbocycles. The fourth-order valence-corrected chi connectivity index (χ4v) is 2.38. The van der Waals surface area contributed by atoms with E-state index >= 15 is 0 Å². The molecule has 1 amide bonds.